The van der Waals surface area contributed by atoms with Gasteiger partial charge in [0.05, 0.1) is 13.2 Å². The van der Waals surface area contributed by atoms with Crippen molar-refractivity contribution in [3.8, 4) is 0 Å². The van der Waals surface area contributed by atoms with Crippen LogP contribution in [0.4, 0.5) is 0 Å². The minimum atomic E-state index is -1.40. The van der Waals surface area contributed by atoms with E-state index in [1.807, 2.05) is 0 Å². The molecule has 0 radical (unpaired) electrons. The van der Waals surface area contributed by atoms with E-state index in [-0.39, 0.29) is 6.61 Å². The predicted molar refractivity (Wildman–Crippen MR) is 49.9 cm³/mol. The van der Waals surface area contributed by atoms with Gasteiger partial charge in [0.1, 0.15) is 24.4 Å². The summed E-state index contributed by atoms with van der Waals surface area (Å²) in [6, 6.07) is 0. The molecular formula is C9H16O6. The van der Waals surface area contributed by atoms with Crippen molar-refractivity contribution in [1.29, 1.82) is 0 Å². The van der Waals surface area contributed by atoms with Crippen LogP contribution in [0.25, 0.3) is 0 Å². The van der Waals surface area contributed by atoms with E-state index in [1.165, 1.54) is 6.08 Å². The summed E-state index contributed by atoms with van der Waals surface area (Å²) in [4.78, 5) is 0. The SMILES string of the molecule is C=CCO[C@@H]1O[C@H](CO)[C@@H](O)[C@H](O)[C@H]1O. The first kappa shape index (κ1) is 12.6. The van der Waals surface area contributed by atoms with Crippen LogP contribution < -0.4 is 0 Å². The molecule has 0 unspecified atom stereocenters. The molecule has 0 aliphatic carbocycles. The molecule has 0 amide bonds. The minimum absolute atomic E-state index is 0.142. The van der Waals surface area contributed by atoms with Gasteiger partial charge in [-0.15, -0.1) is 6.58 Å². The summed E-state index contributed by atoms with van der Waals surface area (Å²) in [7, 11) is 0. The summed E-state index contributed by atoms with van der Waals surface area (Å²) in [6.45, 7) is 3.10. The Kier molecular flexibility index (Phi) is 4.65. The fraction of sp³-hybridized carbons (Fsp3) is 0.778. The van der Waals surface area contributed by atoms with Crippen LogP contribution in [-0.4, -0.2) is 64.3 Å². The molecule has 1 heterocycles. The fourth-order valence-electron chi connectivity index (χ4n) is 1.37. The van der Waals surface area contributed by atoms with E-state index in [9.17, 15) is 15.3 Å². The first-order valence-corrected chi connectivity index (χ1v) is 4.64. The maximum atomic E-state index is 9.47. The zero-order valence-electron chi connectivity index (χ0n) is 8.19. The molecule has 4 N–H and O–H groups in total. The monoisotopic (exact) mass is 220 g/mol. The van der Waals surface area contributed by atoms with Crippen LogP contribution in [0.1, 0.15) is 0 Å². The molecule has 15 heavy (non-hydrogen) atoms. The highest BCUT2D eigenvalue weighted by Gasteiger charge is 2.43. The molecule has 6 nitrogen and oxygen atoms in total. The predicted octanol–water partition coefficient (Wildman–Crippen LogP) is -2.01. The van der Waals surface area contributed by atoms with Crippen molar-refractivity contribution in [3.05, 3.63) is 12.7 Å². The first-order chi connectivity index (χ1) is 7.11. The van der Waals surface area contributed by atoms with Gasteiger partial charge in [-0.2, -0.15) is 0 Å². The van der Waals surface area contributed by atoms with Gasteiger partial charge in [0.15, 0.2) is 6.29 Å². The lowest BCUT2D eigenvalue weighted by atomic mass is 9.99. The molecule has 1 aliphatic rings. The molecule has 6 heteroatoms. The van der Waals surface area contributed by atoms with Crippen LogP contribution in [0.15, 0.2) is 12.7 Å². The third kappa shape index (κ3) is 2.75. The second-order valence-electron chi connectivity index (χ2n) is 3.32. The Bertz CT molecular complexity index is 207. The van der Waals surface area contributed by atoms with Crippen LogP contribution >= 0.6 is 0 Å². The van der Waals surface area contributed by atoms with Gasteiger partial charge in [0, 0.05) is 0 Å². The lowest BCUT2D eigenvalue weighted by Gasteiger charge is -2.39. The smallest absolute Gasteiger partial charge is 0.187 e. The fourth-order valence-corrected chi connectivity index (χ4v) is 1.37. The van der Waals surface area contributed by atoms with Crippen LogP contribution in [0.5, 0.6) is 0 Å². The van der Waals surface area contributed by atoms with E-state index in [1.54, 1.807) is 0 Å². The molecular weight excluding hydrogens is 204 g/mol. The van der Waals surface area contributed by atoms with Gasteiger partial charge in [-0.05, 0) is 0 Å². The Morgan fingerprint density at radius 3 is 2.40 bits per heavy atom. The normalized spacial score (nSPS) is 41.5. The van der Waals surface area contributed by atoms with Gasteiger partial charge < -0.3 is 29.9 Å². The van der Waals surface area contributed by atoms with Crippen molar-refractivity contribution in [2.45, 2.75) is 30.7 Å². The molecule has 1 saturated heterocycles. The van der Waals surface area contributed by atoms with E-state index in [4.69, 9.17) is 14.6 Å². The van der Waals surface area contributed by atoms with Gasteiger partial charge >= 0.3 is 0 Å². The van der Waals surface area contributed by atoms with Crippen molar-refractivity contribution in [3.63, 3.8) is 0 Å². The quantitative estimate of drug-likeness (QED) is 0.408. The Labute approximate surface area is 87.4 Å². The zero-order valence-corrected chi connectivity index (χ0v) is 8.19. The Balaban J connectivity index is 2.60. The number of aliphatic hydroxyl groups excluding tert-OH is 4. The lowest BCUT2D eigenvalue weighted by Crippen LogP contribution is -2.59. The minimum Gasteiger partial charge on any atom is -0.394 e. The van der Waals surface area contributed by atoms with Crippen LogP contribution in [0.3, 0.4) is 0 Å². The average molecular weight is 220 g/mol. The van der Waals surface area contributed by atoms with Gasteiger partial charge in [-0.1, -0.05) is 6.08 Å². The zero-order chi connectivity index (χ0) is 11.4. The standard InChI is InChI=1S/C9H16O6/c1-2-3-14-9-8(13)7(12)6(11)5(4-10)15-9/h2,5-13H,1,3-4H2/t5-,6-,7+,8-,9-/m1/s1. The van der Waals surface area contributed by atoms with Crippen LogP contribution in [0, 0.1) is 0 Å². The van der Waals surface area contributed by atoms with Crippen molar-refractivity contribution in [1.82, 2.24) is 0 Å². The van der Waals surface area contributed by atoms with Gasteiger partial charge in [0.25, 0.3) is 0 Å². The highest BCUT2D eigenvalue weighted by Crippen LogP contribution is 2.21. The van der Waals surface area contributed by atoms with E-state index < -0.39 is 37.3 Å². The van der Waals surface area contributed by atoms with E-state index in [0.29, 0.717) is 0 Å². The molecule has 0 aromatic carbocycles. The van der Waals surface area contributed by atoms with E-state index >= 15 is 0 Å². The van der Waals surface area contributed by atoms with Crippen LogP contribution in [-0.2, 0) is 9.47 Å². The van der Waals surface area contributed by atoms with Crippen molar-refractivity contribution in [2.24, 2.45) is 0 Å². The number of aliphatic hydroxyl groups is 4. The second kappa shape index (κ2) is 5.55. The Morgan fingerprint density at radius 1 is 1.20 bits per heavy atom. The first-order valence-electron chi connectivity index (χ1n) is 4.64. The lowest BCUT2D eigenvalue weighted by molar-refractivity contribution is -0.298. The summed E-state index contributed by atoms with van der Waals surface area (Å²) in [5, 5.41) is 37.1. The molecule has 1 fully saturated rings. The van der Waals surface area contributed by atoms with Crippen molar-refractivity contribution < 1.29 is 29.9 Å². The van der Waals surface area contributed by atoms with Gasteiger partial charge in [-0.25, -0.2) is 0 Å². The maximum Gasteiger partial charge on any atom is 0.187 e. The maximum absolute atomic E-state index is 9.47. The summed E-state index contributed by atoms with van der Waals surface area (Å²) < 4.78 is 10.1. The Hall–Kier alpha value is -0.500. The highest BCUT2D eigenvalue weighted by molar-refractivity contribution is 4.89. The summed E-state index contributed by atoms with van der Waals surface area (Å²) >= 11 is 0. The molecule has 1 rings (SSSR count). The van der Waals surface area contributed by atoms with Crippen molar-refractivity contribution >= 4 is 0 Å². The average Bonchev–Trinajstić information content (AvgIpc) is 2.25. The second-order valence-corrected chi connectivity index (χ2v) is 3.32. The molecule has 0 aromatic heterocycles. The molecule has 0 spiro atoms. The number of hydrogen-bond donors (Lipinski definition) is 4. The van der Waals surface area contributed by atoms with E-state index in [0.717, 1.165) is 0 Å². The molecule has 88 valence electrons. The van der Waals surface area contributed by atoms with Crippen molar-refractivity contribution in [2.75, 3.05) is 13.2 Å². The van der Waals surface area contributed by atoms with Gasteiger partial charge in [-0.3, -0.25) is 0 Å². The van der Waals surface area contributed by atoms with E-state index in [2.05, 4.69) is 6.58 Å². The third-order valence-corrected chi connectivity index (χ3v) is 2.23. The topological polar surface area (TPSA) is 99.4 Å². The third-order valence-electron chi connectivity index (χ3n) is 2.23. The molecule has 1 aliphatic heterocycles. The number of ether oxygens (including phenoxy) is 2. The highest BCUT2D eigenvalue weighted by atomic mass is 16.7. The van der Waals surface area contributed by atoms with Gasteiger partial charge in [0.2, 0.25) is 0 Å². The summed E-state index contributed by atoms with van der Waals surface area (Å²) in [5.41, 5.74) is 0. The largest absolute Gasteiger partial charge is 0.394 e. The molecule has 0 bridgehead atoms. The molecule has 5 atom stereocenters. The van der Waals surface area contributed by atoms with Crippen LogP contribution in [0.2, 0.25) is 0 Å². The summed E-state index contributed by atoms with van der Waals surface area (Å²) in [5.74, 6) is 0. The Morgan fingerprint density at radius 2 is 1.87 bits per heavy atom. The number of rotatable bonds is 4. The summed E-state index contributed by atoms with van der Waals surface area (Å²) in [6.07, 6.45) is -4.64. The number of hydrogen-bond acceptors (Lipinski definition) is 6. The molecule has 0 aromatic rings. The molecule has 0 saturated carbocycles.